The van der Waals surface area contributed by atoms with Crippen molar-refractivity contribution in [2.24, 2.45) is 0 Å². The van der Waals surface area contributed by atoms with Gasteiger partial charge in [0.05, 0.1) is 0 Å². The first-order chi connectivity index (χ1) is 11.1. The number of hydrogen-bond donors (Lipinski definition) is 1. The van der Waals surface area contributed by atoms with Crippen LogP contribution in [0, 0.1) is 5.82 Å². The number of carbonyl (C=O) groups excluding carboxylic acids is 1. The summed E-state index contributed by atoms with van der Waals surface area (Å²) < 4.78 is 14.8. The number of halogens is 2. The third-order valence-electron chi connectivity index (χ3n) is 3.90. The summed E-state index contributed by atoms with van der Waals surface area (Å²) in [4.78, 5) is 16.2. The highest BCUT2D eigenvalue weighted by Gasteiger charge is 2.17. The number of nitrogens with one attached hydrogen (secondary N) is 1. The molecule has 1 heterocycles. The molecule has 0 aliphatic carbocycles. The molecule has 1 fully saturated rings. The van der Waals surface area contributed by atoms with Crippen molar-refractivity contribution in [3.8, 4) is 0 Å². The van der Waals surface area contributed by atoms with Gasteiger partial charge >= 0.3 is 0 Å². The average molecular weight is 384 g/mol. The van der Waals surface area contributed by atoms with Crippen LogP contribution < -0.4 is 5.32 Å². The molecule has 0 saturated carbocycles. The van der Waals surface area contributed by atoms with Crippen molar-refractivity contribution in [1.82, 2.24) is 15.1 Å². The third-order valence-corrected chi connectivity index (χ3v) is 4.39. The van der Waals surface area contributed by atoms with Crippen molar-refractivity contribution in [1.29, 1.82) is 0 Å². The van der Waals surface area contributed by atoms with Gasteiger partial charge in [-0.1, -0.05) is 22.0 Å². The Morgan fingerprint density at radius 2 is 2.17 bits per heavy atom. The van der Waals surface area contributed by atoms with Crippen LogP contribution in [-0.4, -0.2) is 55.0 Å². The minimum absolute atomic E-state index is 0.162. The molecule has 1 N–H and O–H groups in total. The van der Waals surface area contributed by atoms with Gasteiger partial charge in [0.15, 0.2) is 0 Å². The second kappa shape index (κ2) is 9.15. The molecule has 0 atom stereocenters. The highest BCUT2D eigenvalue weighted by Crippen LogP contribution is 2.17. The van der Waals surface area contributed by atoms with Crippen LogP contribution >= 0.6 is 15.9 Å². The van der Waals surface area contributed by atoms with Gasteiger partial charge in [-0.15, -0.1) is 6.58 Å². The second-order valence-electron chi connectivity index (χ2n) is 5.64. The molecule has 0 bridgehead atoms. The molecule has 126 valence electrons. The molecule has 2 rings (SSSR count). The van der Waals surface area contributed by atoms with E-state index < -0.39 is 0 Å². The lowest BCUT2D eigenvalue weighted by Crippen LogP contribution is -2.47. The van der Waals surface area contributed by atoms with E-state index in [2.05, 4.69) is 27.8 Å². The number of benzene rings is 1. The zero-order chi connectivity index (χ0) is 16.7. The monoisotopic (exact) mass is 383 g/mol. The van der Waals surface area contributed by atoms with Crippen molar-refractivity contribution in [3.05, 3.63) is 46.7 Å². The van der Waals surface area contributed by atoms with Crippen LogP contribution in [0.5, 0.6) is 0 Å². The standard InChI is InChI=1S/C17H23BrFN3O/c1-2-8-21(13-14-12-15(18)3-4-16(14)19)9-5-17(23)22-10-6-20-7-11-22/h2-4,12,20H,1,5-11,13H2. The summed E-state index contributed by atoms with van der Waals surface area (Å²) in [5.74, 6) is -0.0639. The zero-order valence-corrected chi connectivity index (χ0v) is 14.8. The SMILES string of the molecule is C=CCN(CCC(=O)N1CCNCC1)Cc1cc(Br)ccc1F. The van der Waals surface area contributed by atoms with Gasteiger partial charge in [0, 0.05) is 62.3 Å². The van der Waals surface area contributed by atoms with Gasteiger partial charge in [-0.3, -0.25) is 9.69 Å². The Balaban J connectivity index is 1.91. The summed E-state index contributed by atoms with van der Waals surface area (Å²) in [5.41, 5.74) is 0.621. The first-order valence-corrected chi connectivity index (χ1v) is 8.65. The summed E-state index contributed by atoms with van der Waals surface area (Å²) in [6.07, 6.45) is 2.23. The molecule has 1 aromatic rings. The fourth-order valence-corrected chi connectivity index (χ4v) is 3.06. The fraction of sp³-hybridized carbons (Fsp3) is 0.471. The number of rotatable bonds is 7. The maximum absolute atomic E-state index is 13.9. The summed E-state index contributed by atoms with van der Waals surface area (Å²) in [5, 5.41) is 3.24. The number of piperazine rings is 1. The average Bonchev–Trinajstić information content (AvgIpc) is 2.56. The van der Waals surface area contributed by atoms with E-state index in [0.29, 0.717) is 31.6 Å². The lowest BCUT2D eigenvalue weighted by atomic mass is 10.2. The highest BCUT2D eigenvalue weighted by atomic mass is 79.9. The lowest BCUT2D eigenvalue weighted by molar-refractivity contribution is -0.132. The topological polar surface area (TPSA) is 35.6 Å². The van der Waals surface area contributed by atoms with Crippen molar-refractivity contribution in [3.63, 3.8) is 0 Å². The van der Waals surface area contributed by atoms with Crippen molar-refractivity contribution in [2.75, 3.05) is 39.3 Å². The molecule has 0 spiro atoms. The zero-order valence-electron chi connectivity index (χ0n) is 13.2. The van der Waals surface area contributed by atoms with E-state index in [9.17, 15) is 9.18 Å². The van der Waals surface area contributed by atoms with E-state index in [1.807, 2.05) is 9.80 Å². The number of nitrogens with zero attached hydrogens (tertiary/aromatic N) is 2. The Hall–Kier alpha value is -1.24. The second-order valence-corrected chi connectivity index (χ2v) is 6.56. The molecule has 1 aromatic carbocycles. The van der Waals surface area contributed by atoms with E-state index in [1.54, 1.807) is 18.2 Å². The van der Waals surface area contributed by atoms with Gasteiger partial charge in [0.25, 0.3) is 0 Å². The quantitative estimate of drug-likeness (QED) is 0.734. The molecule has 6 heteroatoms. The minimum Gasteiger partial charge on any atom is -0.340 e. The smallest absolute Gasteiger partial charge is 0.223 e. The predicted octanol–water partition coefficient (Wildman–Crippen LogP) is 2.40. The van der Waals surface area contributed by atoms with Crippen molar-refractivity contribution in [2.45, 2.75) is 13.0 Å². The van der Waals surface area contributed by atoms with Crippen LogP contribution in [0.25, 0.3) is 0 Å². The first kappa shape index (κ1) is 18.1. The molecule has 0 aromatic heterocycles. The number of carbonyl (C=O) groups is 1. The molecule has 1 amide bonds. The Labute approximate surface area is 145 Å². The summed E-state index contributed by atoms with van der Waals surface area (Å²) in [6.45, 7) is 8.67. The molecular formula is C17H23BrFN3O. The van der Waals surface area contributed by atoms with Crippen LogP contribution in [0.15, 0.2) is 35.3 Å². The van der Waals surface area contributed by atoms with E-state index in [4.69, 9.17) is 0 Å². The van der Waals surface area contributed by atoms with Gasteiger partial charge in [-0.05, 0) is 18.2 Å². The lowest BCUT2D eigenvalue weighted by Gasteiger charge is -2.28. The molecule has 1 saturated heterocycles. The van der Waals surface area contributed by atoms with E-state index in [1.165, 1.54) is 6.07 Å². The number of amides is 1. The molecular weight excluding hydrogens is 361 g/mol. The van der Waals surface area contributed by atoms with Crippen molar-refractivity contribution >= 4 is 21.8 Å². The molecule has 4 nitrogen and oxygen atoms in total. The number of hydrogen-bond acceptors (Lipinski definition) is 3. The molecule has 0 unspecified atom stereocenters. The van der Waals surface area contributed by atoms with Crippen LogP contribution in [0.3, 0.4) is 0 Å². The van der Waals surface area contributed by atoms with Gasteiger partial charge in [-0.25, -0.2) is 4.39 Å². The fourth-order valence-electron chi connectivity index (χ4n) is 2.65. The summed E-state index contributed by atoms with van der Waals surface area (Å²) in [7, 11) is 0. The molecule has 0 radical (unpaired) electrons. The van der Waals surface area contributed by atoms with Crippen LogP contribution in [-0.2, 0) is 11.3 Å². The predicted molar refractivity (Wildman–Crippen MR) is 93.6 cm³/mol. The maximum Gasteiger partial charge on any atom is 0.223 e. The van der Waals surface area contributed by atoms with Crippen molar-refractivity contribution < 1.29 is 9.18 Å². The Bertz CT molecular complexity index is 547. The molecule has 23 heavy (non-hydrogen) atoms. The van der Waals surface area contributed by atoms with Crippen LogP contribution in [0.1, 0.15) is 12.0 Å². The van der Waals surface area contributed by atoms with E-state index in [0.717, 1.165) is 30.7 Å². The first-order valence-electron chi connectivity index (χ1n) is 7.86. The van der Waals surface area contributed by atoms with Crippen LogP contribution in [0.4, 0.5) is 4.39 Å². The van der Waals surface area contributed by atoms with E-state index in [-0.39, 0.29) is 11.7 Å². The Morgan fingerprint density at radius 1 is 1.43 bits per heavy atom. The Morgan fingerprint density at radius 3 is 2.87 bits per heavy atom. The largest absolute Gasteiger partial charge is 0.340 e. The summed E-state index contributed by atoms with van der Waals surface area (Å²) in [6, 6.07) is 4.92. The van der Waals surface area contributed by atoms with Gasteiger partial charge in [-0.2, -0.15) is 0 Å². The normalized spacial score (nSPS) is 15.0. The molecule has 1 aliphatic heterocycles. The minimum atomic E-state index is -0.226. The van der Waals surface area contributed by atoms with E-state index >= 15 is 0 Å². The molecule has 1 aliphatic rings. The maximum atomic E-state index is 13.9. The Kier molecular flexibility index (Phi) is 7.20. The third kappa shape index (κ3) is 5.71. The summed E-state index contributed by atoms with van der Waals surface area (Å²) >= 11 is 3.37. The van der Waals surface area contributed by atoms with Gasteiger partial charge in [0.2, 0.25) is 5.91 Å². The van der Waals surface area contributed by atoms with Crippen LogP contribution in [0.2, 0.25) is 0 Å². The van der Waals surface area contributed by atoms with Gasteiger partial charge < -0.3 is 10.2 Å². The highest BCUT2D eigenvalue weighted by molar-refractivity contribution is 9.10. The van der Waals surface area contributed by atoms with Gasteiger partial charge in [0.1, 0.15) is 5.82 Å².